The van der Waals surface area contributed by atoms with Crippen LogP contribution in [-0.2, 0) is 0 Å². The molecule has 0 aliphatic rings. The standard InChI is InChI=1S/C13H8Cl4N2O2/c14-6-2-1-3-10(12(6)13(18)19-20)21-11-5-8(16)7(15)4-9(11)17/h1-5,20H,(H2,18,19). The molecule has 0 unspecified atom stereocenters. The van der Waals surface area contributed by atoms with Gasteiger partial charge in [-0.25, -0.2) is 0 Å². The topological polar surface area (TPSA) is 67.8 Å². The second kappa shape index (κ2) is 6.62. The zero-order chi connectivity index (χ0) is 15.6. The van der Waals surface area contributed by atoms with Crippen molar-refractivity contribution in [2.75, 3.05) is 0 Å². The van der Waals surface area contributed by atoms with Gasteiger partial charge in [-0.3, -0.25) is 0 Å². The lowest BCUT2D eigenvalue weighted by atomic mass is 10.2. The minimum atomic E-state index is -0.188. The fourth-order valence-electron chi connectivity index (χ4n) is 1.59. The average molecular weight is 366 g/mol. The van der Waals surface area contributed by atoms with E-state index in [1.807, 2.05) is 0 Å². The molecule has 0 heterocycles. The van der Waals surface area contributed by atoms with Crippen LogP contribution in [0.25, 0.3) is 0 Å². The van der Waals surface area contributed by atoms with Crippen molar-refractivity contribution in [2.24, 2.45) is 10.9 Å². The number of rotatable bonds is 3. The lowest BCUT2D eigenvalue weighted by molar-refractivity contribution is 0.318. The van der Waals surface area contributed by atoms with Crippen molar-refractivity contribution in [2.45, 2.75) is 0 Å². The summed E-state index contributed by atoms with van der Waals surface area (Å²) >= 11 is 23.9. The molecule has 0 fully saturated rings. The van der Waals surface area contributed by atoms with Crippen LogP contribution in [0.1, 0.15) is 5.56 Å². The van der Waals surface area contributed by atoms with Crippen molar-refractivity contribution in [3.63, 3.8) is 0 Å². The summed E-state index contributed by atoms with van der Waals surface area (Å²) in [6.07, 6.45) is 0. The molecule has 0 atom stereocenters. The van der Waals surface area contributed by atoms with Crippen LogP contribution in [0.5, 0.6) is 11.5 Å². The molecular weight excluding hydrogens is 358 g/mol. The maximum Gasteiger partial charge on any atom is 0.175 e. The van der Waals surface area contributed by atoms with Gasteiger partial charge in [0.1, 0.15) is 11.5 Å². The Bertz CT molecular complexity index is 720. The van der Waals surface area contributed by atoms with E-state index in [-0.39, 0.29) is 38.0 Å². The summed E-state index contributed by atoms with van der Waals surface area (Å²) in [5.74, 6) is 0.338. The highest BCUT2D eigenvalue weighted by Gasteiger charge is 2.15. The van der Waals surface area contributed by atoms with Gasteiger partial charge in [-0.1, -0.05) is 57.6 Å². The van der Waals surface area contributed by atoms with E-state index in [1.54, 1.807) is 18.2 Å². The minimum absolute atomic E-state index is 0.188. The Morgan fingerprint density at radius 2 is 1.62 bits per heavy atom. The molecule has 2 aromatic carbocycles. The summed E-state index contributed by atoms with van der Waals surface area (Å²) in [5.41, 5.74) is 5.84. The smallest absolute Gasteiger partial charge is 0.175 e. The monoisotopic (exact) mass is 364 g/mol. The second-order valence-corrected chi connectivity index (χ2v) is 5.53. The third kappa shape index (κ3) is 3.47. The Labute approximate surface area is 140 Å². The maximum atomic E-state index is 8.82. The van der Waals surface area contributed by atoms with Gasteiger partial charge < -0.3 is 15.7 Å². The molecule has 0 saturated heterocycles. The van der Waals surface area contributed by atoms with Crippen molar-refractivity contribution in [3.8, 4) is 11.5 Å². The zero-order valence-electron chi connectivity index (χ0n) is 10.3. The Kier molecular flexibility index (Phi) is 5.06. The second-order valence-electron chi connectivity index (χ2n) is 3.90. The fraction of sp³-hybridized carbons (Fsp3) is 0. The predicted octanol–water partition coefficient (Wildman–Crippen LogP) is 5.19. The van der Waals surface area contributed by atoms with Crippen LogP contribution in [0.15, 0.2) is 35.5 Å². The molecule has 0 aliphatic heterocycles. The first-order chi connectivity index (χ1) is 9.93. The summed E-state index contributed by atoms with van der Waals surface area (Å²) < 4.78 is 5.65. The number of oxime groups is 1. The van der Waals surface area contributed by atoms with Crippen molar-refractivity contribution in [1.29, 1.82) is 0 Å². The van der Waals surface area contributed by atoms with Gasteiger partial charge in [0.05, 0.1) is 25.7 Å². The van der Waals surface area contributed by atoms with Crippen LogP contribution in [0.2, 0.25) is 20.1 Å². The lowest BCUT2D eigenvalue weighted by Gasteiger charge is -2.13. The van der Waals surface area contributed by atoms with Gasteiger partial charge in [-0.2, -0.15) is 0 Å². The summed E-state index contributed by atoms with van der Waals surface area (Å²) in [6.45, 7) is 0. The summed E-state index contributed by atoms with van der Waals surface area (Å²) in [4.78, 5) is 0. The number of amidine groups is 1. The summed E-state index contributed by atoms with van der Waals surface area (Å²) in [6, 6.07) is 7.74. The number of halogens is 4. The predicted molar refractivity (Wildman–Crippen MR) is 85.5 cm³/mol. The summed E-state index contributed by atoms with van der Waals surface area (Å²) in [7, 11) is 0. The van der Waals surface area contributed by atoms with Crippen molar-refractivity contribution < 1.29 is 9.94 Å². The Morgan fingerprint density at radius 3 is 2.29 bits per heavy atom. The van der Waals surface area contributed by atoms with Crippen LogP contribution < -0.4 is 10.5 Å². The molecule has 2 rings (SSSR count). The largest absolute Gasteiger partial charge is 0.455 e. The van der Waals surface area contributed by atoms with E-state index in [2.05, 4.69) is 5.16 Å². The van der Waals surface area contributed by atoms with Gasteiger partial charge in [0.15, 0.2) is 5.84 Å². The van der Waals surface area contributed by atoms with Crippen molar-refractivity contribution >= 4 is 52.2 Å². The zero-order valence-corrected chi connectivity index (χ0v) is 13.3. The SMILES string of the molecule is NC(=NO)c1c(Cl)cccc1Oc1cc(Cl)c(Cl)cc1Cl. The number of ether oxygens (including phenoxy) is 1. The molecule has 0 spiro atoms. The Balaban J connectivity index is 2.50. The lowest BCUT2D eigenvalue weighted by Crippen LogP contribution is -2.14. The molecule has 4 nitrogen and oxygen atoms in total. The van der Waals surface area contributed by atoms with Crippen molar-refractivity contribution in [3.05, 3.63) is 56.0 Å². The highest BCUT2D eigenvalue weighted by Crippen LogP contribution is 2.38. The fourth-order valence-corrected chi connectivity index (χ4v) is 2.43. The molecule has 2 aromatic rings. The number of benzene rings is 2. The van der Waals surface area contributed by atoms with Gasteiger partial charge in [-0.05, 0) is 18.2 Å². The van der Waals surface area contributed by atoms with E-state index in [0.717, 1.165) is 0 Å². The molecule has 0 amide bonds. The van der Waals surface area contributed by atoms with Crippen molar-refractivity contribution in [1.82, 2.24) is 0 Å². The summed E-state index contributed by atoms with van der Waals surface area (Å²) in [5, 5.41) is 12.9. The minimum Gasteiger partial charge on any atom is -0.455 e. The first-order valence-corrected chi connectivity index (χ1v) is 7.04. The molecule has 8 heteroatoms. The normalized spacial score (nSPS) is 11.5. The molecular formula is C13H8Cl4N2O2. The van der Waals surface area contributed by atoms with Gasteiger partial charge in [0.2, 0.25) is 0 Å². The number of nitrogens with zero attached hydrogens (tertiary/aromatic N) is 1. The Morgan fingerprint density at radius 1 is 0.952 bits per heavy atom. The van der Waals surface area contributed by atoms with Crippen LogP contribution in [-0.4, -0.2) is 11.0 Å². The average Bonchev–Trinajstić information content (AvgIpc) is 2.44. The van der Waals surface area contributed by atoms with E-state index >= 15 is 0 Å². The van der Waals surface area contributed by atoms with Crippen LogP contribution in [0, 0.1) is 0 Å². The maximum absolute atomic E-state index is 8.82. The third-order valence-corrected chi connectivity index (χ3v) is 3.87. The molecule has 110 valence electrons. The quantitative estimate of drug-likeness (QED) is 0.258. The third-order valence-electron chi connectivity index (χ3n) is 2.53. The number of hydrogen-bond donors (Lipinski definition) is 2. The van der Waals surface area contributed by atoms with E-state index in [4.69, 9.17) is 62.1 Å². The van der Waals surface area contributed by atoms with Gasteiger partial charge in [-0.15, -0.1) is 0 Å². The molecule has 21 heavy (non-hydrogen) atoms. The number of hydrogen-bond acceptors (Lipinski definition) is 3. The number of nitrogens with two attached hydrogens (primary N) is 1. The van der Waals surface area contributed by atoms with E-state index < -0.39 is 0 Å². The highest BCUT2D eigenvalue weighted by molar-refractivity contribution is 6.43. The molecule has 0 aliphatic carbocycles. The van der Waals surface area contributed by atoms with Gasteiger partial charge >= 0.3 is 0 Å². The van der Waals surface area contributed by atoms with Crippen LogP contribution in [0.3, 0.4) is 0 Å². The van der Waals surface area contributed by atoms with Gasteiger partial charge in [0, 0.05) is 6.07 Å². The van der Waals surface area contributed by atoms with E-state index in [9.17, 15) is 0 Å². The molecule has 0 saturated carbocycles. The van der Waals surface area contributed by atoms with Gasteiger partial charge in [0.25, 0.3) is 0 Å². The van der Waals surface area contributed by atoms with E-state index in [1.165, 1.54) is 12.1 Å². The van der Waals surface area contributed by atoms with Crippen LogP contribution in [0.4, 0.5) is 0 Å². The first kappa shape index (κ1) is 16.0. The van der Waals surface area contributed by atoms with Crippen LogP contribution >= 0.6 is 46.4 Å². The first-order valence-electron chi connectivity index (χ1n) is 5.53. The van der Waals surface area contributed by atoms with E-state index in [0.29, 0.717) is 5.02 Å². The highest BCUT2D eigenvalue weighted by atomic mass is 35.5. The molecule has 0 aromatic heterocycles. The molecule has 3 N–H and O–H groups in total. The molecule has 0 bridgehead atoms. The Hall–Kier alpha value is -1.33. The molecule has 0 radical (unpaired) electrons.